The number of nitrogens with one attached hydrogen (secondary N) is 1. The highest BCUT2D eigenvalue weighted by Gasteiger charge is 2.41. The van der Waals surface area contributed by atoms with Gasteiger partial charge in [-0.3, -0.25) is 9.59 Å². The summed E-state index contributed by atoms with van der Waals surface area (Å²) in [7, 11) is 3.54. The molecule has 2 heterocycles. The lowest BCUT2D eigenvalue weighted by Gasteiger charge is -2.34. The predicted molar refractivity (Wildman–Crippen MR) is 83.9 cm³/mol. The van der Waals surface area contributed by atoms with Gasteiger partial charge in [-0.2, -0.15) is 0 Å². The molecule has 0 radical (unpaired) electrons. The van der Waals surface area contributed by atoms with E-state index < -0.39 is 5.54 Å². The number of amides is 1. The molecule has 1 atom stereocenters. The maximum Gasteiger partial charge on any atom is 0.257 e. The molecule has 0 spiro atoms. The standard InChI is InChI=1S/C13H14BrClN2O2S/c1-13(11-8(15)4-10(14)20-11)5-9(18)7(6-17(2)3)12(19)16-13/h4,6H,5H2,1-3H3,(H,16,19). The van der Waals surface area contributed by atoms with Crippen LogP contribution < -0.4 is 5.32 Å². The van der Waals surface area contributed by atoms with Crippen molar-refractivity contribution < 1.29 is 9.59 Å². The maximum absolute atomic E-state index is 12.2. The largest absolute Gasteiger partial charge is 0.383 e. The number of hydrogen-bond donors (Lipinski definition) is 1. The third kappa shape index (κ3) is 2.92. The van der Waals surface area contributed by atoms with Gasteiger partial charge >= 0.3 is 0 Å². The summed E-state index contributed by atoms with van der Waals surface area (Å²) in [6, 6.07) is 1.77. The van der Waals surface area contributed by atoms with Gasteiger partial charge in [-0.15, -0.1) is 11.3 Å². The second-order valence-corrected chi connectivity index (χ2v) is 7.96. The van der Waals surface area contributed by atoms with Crippen LogP contribution in [0.4, 0.5) is 0 Å². The van der Waals surface area contributed by atoms with Crippen LogP contribution in [0.5, 0.6) is 0 Å². The van der Waals surface area contributed by atoms with Crippen molar-refractivity contribution in [1.82, 2.24) is 10.2 Å². The van der Waals surface area contributed by atoms with E-state index in [1.54, 1.807) is 31.3 Å². The van der Waals surface area contributed by atoms with Crippen molar-refractivity contribution in [3.63, 3.8) is 0 Å². The number of hydrogen-bond acceptors (Lipinski definition) is 4. The topological polar surface area (TPSA) is 49.4 Å². The van der Waals surface area contributed by atoms with Crippen LogP contribution >= 0.6 is 38.9 Å². The first-order valence-electron chi connectivity index (χ1n) is 5.92. The molecule has 108 valence electrons. The second-order valence-electron chi connectivity index (χ2n) is 5.12. The maximum atomic E-state index is 12.2. The van der Waals surface area contributed by atoms with Gasteiger partial charge in [0.2, 0.25) is 0 Å². The minimum Gasteiger partial charge on any atom is -0.383 e. The molecular weight excluding hydrogens is 364 g/mol. The quantitative estimate of drug-likeness (QED) is 0.637. The van der Waals surface area contributed by atoms with Gasteiger partial charge in [-0.1, -0.05) is 11.6 Å². The summed E-state index contributed by atoms with van der Waals surface area (Å²) in [5.74, 6) is -0.538. The molecule has 1 aromatic heterocycles. The van der Waals surface area contributed by atoms with Gasteiger partial charge in [0.15, 0.2) is 5.78 Å². The van der Waals surface area contributed by atoms with Crippen molar-refractivity contribution in [2.45, 2.75) is 18.9 Å². The summed E-state index contributed by atoms with van der Waals surface area (Å²) < 4.78 is 0.870. The van der Waals surface area contributed by atoms with Gasteiger partial charge in [-0.05, 0) is 28.9 Å². The molecule has 0 saturated carbocycles. The number of carbonyl (C=O) groups excluding carboxylic acids is 2. The lowest BCUT2D eigenvalue weighted by atomic mass is 9.86. The Morgan fingerprint density at radius 2 is 2.15 bits per heavy atom. The zero-order chi connectivity index (χ0) is 15.1. The number of piperidine rings is 1. The normalized spacial score (nSPS) is 24.9. The van der Waals surface area contributed by atoms with Crippen molar-refractivity contribution >= 4 is 50.6 Å². The Bertz CT molecular complexity index is 590. The van der Waals surface area contributed by atoms with Crippen molar-refractivity contribution in [3.05, 3.63) is 31.5 Å². The fourth-order valence-corrected chi connectivity index (χ4v) is 4.37. The van der Waals surface area contributed by atoms with E-state index >= 15 is 0 Å². The summed E-state index contributed by atoms with van der Waals surface area (Å²) in [5, 5.41) is 3.45. The van der Waals surface area contributed by atoms with E-state index in [-0.39, 0.29) is 23.7 Å². The number of halogens is 2. The molecule has 4 nitrogen and oxygen atoms in total. The van der Waals surface area contributed by atoms with Crippen LogP contribution in [0.1, 0.15) is 18.2 Å². The fraction of sp³-hybridized carbons (Fsp3) is 0.385. The molecule has 1 aromatic rings. The first kappa shape index (κ1) is 15.5. The first-order chi connectivity index (χ1) is 9.23. The Morgan fingerprint density at radius 1 is 1.50 bits per heavy atom. The van der Waals surface area contributed by atoms with Gasteiger partial charge in [0, 0.05) is 26.7 Å². The molecule has 20 heavy (non-hydrogen) atoms. The number of rotatable bonds is 2. The van der Waals surface area contributed by atoms with Crippen molar-refractivity contribution in [2.75, 3.05) is 14.1 Å². The number of ketones is 1. The molecule has 0 aliphatic carbocycles. The van der Waals surface area contributed by atoms with Crippen molar-refractivity contribution in [3.8, 4) is 0 Å². The van der Waals surface area contributed by atoms with Gasteiger partial charge in [0.1, 0.15) is 0 Å². The number of carbonyl (C=O) groups is 2. The van der Waals surface area contributed by atoms with Crippen LogP contribution in [0.2, 0.25) is 5.02 Å². The third-order valence-corrected chi connectivity index (χ3v) is 5.31. The Morgan fingerprint density at radius 3 is 2.60 bits per heavy atom. The van der Waals surface area contributed by atoms with Crippen LogP contribution in [0.25, 0.3) is 0 Å². The van der Waals surface area contributed by atoms with Gasteiger partial charge in [0.25, 0.3) is 5.91 Å². The number of nitrogens with zero attached hydrogens (tertiary/aromatic N) is 1. The van der Waals surface area contributed by atoms with Gasteiger partial charge in [-0.25, -0.2) is 0 Å². The summed E-state index contributed by atoms with van der Waals surface area (Å²) in [5.41, 5.74) is -0.579. The first-order valence-corrected chi connectivity index (χ1v) is 7.91. The molecule has 0 aromatic carbocycles. The number of Topliss-reactive ketones (excluding diaryl/α,β-unsaturated/α-hetero) is 1. The Kier molecular flexibility index (Phi) is 4.27. The van der Waals surface area contributed by atoms with Gasteiger partial charge in [0.05, 0.1) is 24.8 Å². The molecule has 1 N–H and O–H groups in total. The Balaban J connectivity index is 2.37. The van der Waals surface area contributed by atoms with Gasteiger partial charge < -0.3 is 10.2 Å². The molecule has 1 aliphatic heterocycles. The van der Waals surface area contributed by atoms with Crippen LogP contribution in [0, 0.1) is 0 Å². The smallest absolute Gasteiger partial charge is 0.257 e. The van der Waals surface area contributed by atoms with E-state index in [0.29, 0.717) is 5.02 Å². The molecule has 7 heteroatoms. The van der Waals surface area contributed by atoms with Crippen LogP contribution in [-0.2, 0) is 15.1 Å². The molecule has 0 bridgehead atoms. The molecule has 1 aliphatic rings. The summed E-state index contributed by atoms with van der Waals surface area (Å²) >= 11 is 11.0. The average molecular weight is 378 g/mol. The fourth-order valence-electron chi connectivity index (χ4n) is 2.15. The lowest BCUT2D eigenvalue weighted by Crippen LogP contribution is -2.51. The highest BCUT2D eigenvalue weighted by atomic mass is 79.9. The third-order valence-electron chi connectivity index (χ3n) is 2.99. The molecule has 1 amide bonds. The zero-order valence-corrected chi connectivity index (χ0v) is 14.4. The van der Waals surface area contributed by atoms with E-state index in [1.807, 2.05) is 6.92 Å². The van der Waals surface area contributed by atoms with Crippen molar-refractivity contribution in [1.29, 1.82) is 0 Å². The molecular formula is C13H14BrClN2O2S. The van der Waals surface area contributed by atoms with Crippen LogP contribution in [0.15, 0.2) is 21.6 Å². The average Bonchev–Trinajstić information content (AvgIpc) is 2.63. The minimum absolute atomic E-state index is 0.175. The van der Waals surface area contributed by atoms with E-state index in [0.717, 1.165) is 8.66 Å². The Hall–Kier alpha value is -0.850. The lowest BCUT2D eigenvalue weighted by molar-refractivity contribution is -0.128. The van der Waals surface area contributed by atoms with E-state index in [1.165, 1.54) is 11.3 Å². The summed E-state index contributed by atoms with van der Waals surface area (Å²) in [4.78, 5) is 26.9. The van der Waals surface area contributed by atoms with Crippen molar-refractivity contribution in [2.24, 2.45) is 0 Å². The van der Waals surface area contributed by atoms with Crippen LogP contribution in [-0.4, -0.2) is 30.7 Å². The van der Waals surface area contributed by atoms with E-state index in [4.69, 9.17) is 11.6 Å². The Labute approximate surface area is 134 Å². The second kappa shape index (κ2) is 5.50. The van der Waals surface area contributed by atoms with E-state index in [9.17, 15) is 9.59 Å². The molecule has 1 fully saturated rings. The highest BCUT2D eigenvalue weighted by Crippen LogP contribution is 2.41. The SMILES string of the molecule is CN(C)C=C1C(=O)CC(C)(c2sc(Br)cc2Cl)NC1=O. The predicted octanol–water partition coefficient (Wildman–Crippen LogP) is 2.91. The summed E-state index contributed by atoms with van der Waals surface area (Å²) in [6.07, 6.45) is 1.74. The monoisotopic (exact) mass is 376 g/mol. The molecule has 1 unspecified atom stereocenters. The van der Waals surface area contributed by atoms with E-state index in [2.05, 4.69) is 21.2 Å². The highest BCUT2D eigenvalue weighted by molar-refractivity contribution is 9.11. The summed E-state index contributed by atoms with van der Waals surface area (Å²) in [6.45, 7) is 1.82. The molecule has 2 rings (SSSR count). The van der Waals surface area contributed by atoms with Crippen LogP contribution in [0.3, 0.4) is 0 Å². The number of thiophene rings is 1. The molecule has 1 saturated heterocycles. The zero-order valence-electron chi connectivity index (χ0n) is 11.3. The minimum atomic E-state index is -0.758.